The maximum Gasteiger partial charge on any atom is 0.224 e. The number of nitrogens with one attached hydrogen (secondary N) is 1. The zero-order chi connectivity index (χ0) is 31.8. The summed E-state index contributed by atoms with van der Waals surface area (Å²) in [6, 6.07) is 37.1. The van der Waals surface area contributed by atoms with Gasteiger partial charge in [-0.15, -0.1) is 0 Å². The lowest BCUT2D eigenvalue weighted by atomic mass is 9.99. The van der Waals surface area contributed by atoms with Crippen molar-refractivity contribution in [3.05, 3.63) is 137 Å². The minimum Gasteiger partial charge on any atom is -0.374 e. The predicted octanol–water partition coefficient (Wildman–Crippen LogP) is 8.47. The third-order valence-electron chi connectivity index (χ3n) is 8.99. The second-order valence-corrected chi connectivity index (χ2v) is 12.7. The number of hydrogen-bond acceptors (Lipinski definition) is 7. The summed E-state index contributed by atoms with van der Waals surface area (Å²) in [4.78, 5) is 9.18. The standard InChI is InChI=1S/C39H40ClN3O4/c40-39-42-33-22-30(20-21-32(33)38(43-39)41-31-18-10-11-19-31)35-37(46-25-29-16-8-3-9-17-29)36(45-24-28-14-6-2-7-15-28)34(47-35)26-44-23-27-12-4-1-5-13-27/h1-9,12-17,20-22,31,34-37H,10-11,18-19,23-26H2,(H,41,42,43)/t34-,35+,36-,37+/m1/s1. The molecule has 4 aromatic carbocycles. The predicted molar refractivity (Wildman–Crippen MR) is 184 cm³/mol. The Bertz CT molecular complexity index is 1720. The minimum atomic E-state index is -0.422. The van der Waals surface area contributed by atoms with Crippen molar-refractivity contribution in [3.63, 3.8) is 0 Å². The summed E-state index contributed by atoms with van der Waals surface area (Å²) in [5.41, 5.74) is 4.97. The van der Waals surface area contributed by atoms with E-state index in [0.29, 0.717) is 32.5 Å². The highest BCUT2D eigenvalue weighted by Crippen LogP contribution is 2.40. The molecule has 2 heterocycles. The van der Waals surface area contributed by atoms with Crippen LogP contribution in [0.5, 0.6) is 0 Å². The number of rotatable bonds is 13. The Morgan fingerprint density at radius 2 is 1.30 bits per heavy atom. The van der Waals surface area contributed by atoms with Gasteiger partial charge in [-0.25, -0.2) is 9.97 Å². The fraction of sp³-hybridized carbons (Fsp3) is 0.333. The molecule has 2 fully saturated rings. The first-order chi connectivity index (χ1) is 23.2. The third kappa shape index (κ3) is 8.00. The Morgan fingerprint density at radius 3 is 1.94 bits per heavy atom. The summed E-state index contributed by atoms with van der Waals surface area (Å²) in [5.74, 6) is 0.777. The highest BCUT2D eigenvalue weighted by Gasteiger charge is 2.47. The second-order valence-electron chi connectivity index (χ2n) is 12.4. The number of ether oxygens (including phenoxy) is 4. The quantitative estimate of drug-likeness (QED) is 0.128. The molecule has 1 N–H and O–H groups in total. The van der Waals surface area contributed by atoms with Gasteiger partial charge in [0, 0.05) is 11.4 Å². The lowest BCUT2D eigenvalue weighted by Gasteiger charge is -2.25. The van der Waals surface area contributed by atoms with Crippen molar-refractivity contribution in [2.75, 3.05) is 11.9 Å². The van der Waals surface area contributed by atoms with Crippen LogP contribution in [0.25, 0.3) is 10.9 Å². The van der Waals surface area contributed by atoms with Crippen molar-refractivity contribution in [1.29, 1.82) is 0 Å². The van der Waals surface area contributed by atoms with Gasteiger partial charge in [0.25, 0.3) is 0 Å². The van der Waals surface area contributed by atoms with Gasteiger partial charge in [-0.05, 0) is 58.8 Å². The van der Waals surface area contributed by atoms with Crippen molar-refractivity contribution in [1.82, 2.24) is 9.97 Å². The van der Waals surface area contributed by atoms with E-state index in [1.54, 1.807) is 0 Å². The number of benzene rings is 4. The summed E-state index contributed by atoms with van der Waals surface area (Å²) in [6.45, 7) is 1.69. The van der Waals surface area contributed by atoms with E-state index in [-0.39, 0.29) is 17.5 Å². The fourth-order valence-corrected chi connectivity index (χ4v) is 6.76. The fourth-order valence-electron chi connectivity index (χ4n) is 6.58. The second kappa shape index (κ2) is 15.4. The molecule has 4 atom stereocenters. The Labute approximate surface area is 281 Å². The van der Waals surface area contributed by atoms with Crippen molar-refractivity contribution < 1.29 is 18.9 Å². The number of aromatic nitrogens is 2. The molecule has 1 saturated carbocycles. The van der Waals surface area contributed by atoms with E-state index in [2.05, 4.69) is 63.8 Å². The van der Waals surface area contributed by atoms with Crippen LogP contribution in [0.1, 0.15) is 54.0 Å². The van der Waals surface area contributed by atoms with Gasteiger partial charge in [-0.3, -0.25) is 0 Å². The van der Waals surface area contributed by atoms with Crippen LogP contribution in [0, 0.1) is 0 Å². The average molecular weight is 650 g/mol. The zero-order valence-corrected chi connectivity index (χ0v) is 27.1. The molecule has 47 heavy (non-hydrogen) atoms. The van der Waals surface area contributed by atoms with Gasteiger partial charge < -0.3 is 24.3 Å². The minimum absolute atomic E-state index is 0.218. The highest BCUT2D eigenvalue weighted by atomic mass is 35.5. The average Bonchev–Trinajstić information content (AvgIpc) is 3.75. The van der Waals surface area contributed by atoms with E-state index in [0.717, 1.165) is 51.8 Å². The van der Waals surface area contributed by atoms with Gasteiger partial charge >= 0.3 is 0 Å². The van der Waals surface area contributed by atoms with Gasteiger partial charge in [-0.2, -0.15) is 0 Å². The molecule has 0 amide bonds. The van der Waals surface area contributed by atoms with Crippen LogP contribution in [0.2, 0.25) is 5.28 Å². The van der Waals surface area contributed by atoms with E-state index in [9.17, 15) is 0 Å². The molecule has 0 spiro atoms. The summed E-state index contributed by atoms with van der Waals surface area (Å²) < 4.78 is 26.5. The Kier molecular flexibility index (Phi) is 10.4. The Hall–Kier alpha value is -3.85. The van der Waals surface area contributed by atoms with Crippen LogP contribution in [0.4, 0.5) is 5.82 Å². The smallest absolute Gasteiger partial charge is 0.224 e. The van der Waals surface area contributed by atoms with Crippen LogP contribution in [-0.2, 0) is 38.8 Å². The topological polar surface area (TPSA) is 74.7 Å². The largest absolute Gasteiger partial charge is 0.374 e. The molecule has 2 aliphatic rings. The maximum atomic E-state index is 6.84. The summed E-state index contributed by atoms with van der Waals surface area (Å²) in [7, 11) is 0. The van der Waals surface area contributed by atoms with Crippen molar-refractivity contribution in [2.45, 2.75) is 76.0 Å². The SMILES string of the molecule is Clc1nc(NC2CCCC2)c2ccc([C@@H]3O[C@H](COCc4ccccc4)[C@@H](OCc4ccccc4)[C@H]3OCc3ccccc3)cc2n1. The number of anilines is 1. The molecule has 7 rings (SSSR count). The van der Waals surface area contributed by atoms with E-state index in [1.807, 2.05) is 60.7 Å². The Balaban J connectivity index is 1.19. The zero-order valence-electron chi connectivity index (χ0n) is 26.3. The molecule has 1 saturated heterocycles. The van der Waals surface area contributed by atoms with Crippen molar-refractivity contribution in [3.8, 4) is 0 Å². The molecular formula is C39H40ClN3O4. The van der Waals surface area contributed by atoms with Crippen molar-refractivity contribution >= 4 is 28.3 Å². The van der Waals surface area contributed by atoms with Gasteiger partial charge in [0.2, 0.25) is 5.28 Å². The first-order valence-corrected chi connectivity index (χ1v) is 16.9. The molecule has 1 aliphatic carbocycles. The lowest BCUT2D eigenvalue weighted by Crippen LogP contribution is -2.37. The van der Waals surface area contributed by atoms with Gasteiger partial charge in [0.1, 0.15) is 30.2 Å². The lowest BCUT2D eigenvalue weighted by molar-refractivity contribution is -0.0898. The van der Waals surface area contributed by atoms with E-state index in [4.69, 9.17) is 30.5 Å². The third-order valence-corrected chi connectivity index (χ3v) is 9.16. The number of halogens is 1. The van der Waals surface area contributed by atoms with Crippen LogP contribution < -0.4 is 5.32 Å². The van der Waals surface area contributed by atoms with E-state index < -0.39 is 12.2 Å². The summed E-state index contributed by atoms with van der Waals surface area (Å²) in [5, 5.41) is 4.77. The molecule has 242 valence electrons. The number of hydrogen-bond donors (Lipinski definition) is 1. The van der Waals surface area contributed by atoms with Gasteiger partial charge in [-0.1, -0.05) is 110 Å². The number of nitrogens with zero attached hydrogens (tertiary/aromatic N) is 2. The molecule has 5 aromatic rings. The van der Waals surface area contributed by atoms with Crippen LogP contribution in [0.3, 0.4) is 0 Å². The first kappa shape index (κ1) is 31.7. The van der Waals surface area contributed by atoms with Crippen molar-refractivity contribution in [2.24, 2.45) is 0 Å². The highest BCUT2D eigenvalue weighted by molar-refractivity contribution is 6.28. The molecule has 0 unspecified atom stereocenters. The molecule has 1 aliphatic heterocycles. The monoisotopic (exact) mass is 649 g/mol. The molecule has 1 aromatic heterocycles. The molecule has 8 heteroatoms. The summed E-state index contributed by atoms with van der Waals surface area (Å²) in [6.07, 6.45) is 3.15. The van der Waals surface area contributed by atoms with Gasteiger partial charge in [0.05, 0.1) is 31.9 Å². The van der Waals surface area contributed by atoms with E-state index >= 15 is 0 Å². The molecule has 0 bridgehead atoms. The summed E-state index contributed by atoms with van der Waals surface area (Å²) >= 11 is 6.47. The number of fused-ring (bicyclic) bond motifs is 1. The van der Waals surface area contributed by atoms with Crippen LogP contribution in [0.15, 0.2) is 109 Å². The molecular weight excluding hydrogens is 610 g/mol. The molecule has 7 nitrogen and oxygen atoms in total. The Morgan fingerprint density at radius 1 is 0.702 bits per heavy atom. The van der Waals surface area contributed by atoms with E-state index in [1.165, 1.54) is 12.8 Å². The molecule has 0 radical (unpaired) electrons. The van der Waals surface area contributed by atoms with Crippen LogP contribution in [-0.4, -0.2) is 40.9 Å². The maximum absolute atomic E-state index is 6.84. The first-order valence-electron chi connectivity index (χ1n) is 16.5. The normalized spacial score (nSPS) is 21.4. The van der Waals surface area contributed by atoms with Gasteiger partial charge in [0.15, 0.2) is 0 Å². The van der Waals surface area contributed by atoms with Crippen LogP contribution >= 0.6 is 11.6 Å².